The van der Waals surface area contributed by atoms with Crippen molar-refractivity contribution >= 4 is 23.4 Å². The lowest BCUT2D eigenvalue weighted by Gasteiger charge is -2.32. The Bertz CT molecular complexity index is 1110. The zero-order chi connectivity index (χ0) is 24.7. The lowest BCUT2D eigenvalue weighted by atomic mass is 10.00. The van der Waals surface area contributed by atoms with E-state index >= 15 is 0 Å². The molecule has 0 saturated heterocycles. The molecule has 0 aromatic heterocycles. The van der Waals surface area contributed by atoms with Gasteiger partial charge in [0.05, 0.1) is 6.42 Å². The second-order valence-corrected chi connectivity index (χ2v) is 9.56. The van der Waals surface area contributed by atoms with E-state index in [1.165, 1.54) is 0 Å². The maximum Gasteiger partial charge on any atom is 0.243 e. The fourth-order valence-corrected chi connectivity index (χ4v) is 4.39. The van der Waals surface area contributed by atoms with Crippen LogP contribution in [0.4, 0.5) is 0 Å². The van der Waals surface area contributed by atoms with E-state index in [9.17, 15) is 9.59 Å². The number of aryl methyl sites for hydroxylation is 2. The molecule has 0 aliphatic rings. The number of carbonyl (C=O) groups is 2. The van der Waals surface area contributed by atoms with Gasteiger partial charge in [-0.25, -0.2) is 0 Å². The summed E-state index contributed by atoms with van der Waals surface area (Å²) in [6.07, 6.45) is 0.635. The van der Waals surface area contributed by atoms with E-state index in [2.05, 4.69) is 11.4 Å². The minimum atomic E-state index is -0.667. The summed E-state index contributed by atoms with van der Waals surface area (Å²) in [6.45, 7) is 8.15. The van der Waals surface area contributed by atoms with Crippen molar-refractivity contribution in [1.82, 2.24) is 10.2 Å². The number of rotatable bonds is 9. The first-order valence-electron chi connectivity index (χ1n) is 11.7. The molecule has 0 radical (unpaired) electrons. The van der Waals surface area contributed by atoms with Crippen molar-refractivity contribution in [3.05, 3.63) is 106 Å². The van der Waals surface area contributed by atoms with Gasteiger partial charge >= 0.3 is 0 Å². The van der Waals surface area contributed by atoms with Gasteiger partial charge in [-0.05, 0) is 50.5 Å². The topological polar surface area (TPSA) is 49.4 Å². The van der Waals surface area contributed by atoms with Crippen molar-refractivity contribution in [1.29, 1.82) is 0 Å². The van der Waals surface area contributed by atoms with Crippen LogP contribution >= 0.6 is 11.6 Å². The molecule has 34 heavy (non-hydrogen) atoms. The second-order valence-electron chi connectivity index (χ2n) is 9.15. The van der Waals surface area contributed by atoms with Crippen molar-refractivity contribution in [3.8, 4) is 0 Å². The summed E-state index contributed by atoms with van der Waals surface area (Å²) in [5, 5.41) is 3.59. The smallest absolute Gasteiger partial charge is 0.243 e. The number of hydrogen-bond acceptors (Lipinski definition) is 2. The molecule has 0 fully saturated rings. The molecule has 0 heterocycles. The molecule has 3 aromatic rings. The Kier molecular flexibility index (Phi) is 8.89. The molecule has 1 N–H and O–H groups in total. The number of nitrogens with one attached hydrogen (secondary N) is 1. The molecule has 0 spiro atoms. The molecule has 0 unspecified atom stereocenters. The van der Waals surface area contributed by atoms with Crippen molar-refractivity contribution < 1.29 is 9.59 Å². The van der Waals surface area contributed by atoms with Crippen LogP contribution in [0.2, 0.25) is 5.02 Å². The molecule has 0 bridgehead atoms. The zero-order valence-corrected chi connectivity index (χ0v) is 21.1. The maximum atomic E-state index is 13.8. The molecule has 0 aliphatic carbocycles. The number of amides is 2. The Morgan fingerprint density at radius 1 is 0.882 bits per heavy atom. The zero-order valence-electron chi connectivity index (χ0n) is 20.3. The number of carbonyl (C=O) groups excluding carboxylic acids is 2. The largest absolute Gasteiger partial charge is 0.352 e. The maximum absolute atomic E-state index is 13.8. The quantitative estimate of drug-likeness (QED) is 0.433. The molecule has 2 amide bonds. The van der Waals surface area contributed by atoms with E-state index in [0.717, 1.165) is 27.8 Å². The van der Waals surface area contributed by atoms with Crippen molar-refractivity contribution in [3.63, 3.8) is 0 Å². The Morgan fingerprint density at radius 3 is 2.12 bits per heavy atom. The number of halogens is 1. The van der Waals surface area contributed by atoms with Gasteiger partial charge in [0.2, 0.25) is 11.8 Å². The predicted octanol–water partition coefficient (Wildman–Crippen LogP) is 5.66. The van der Waals surface area contributed by atoms with E-state index in [-0.39, 0.29) is 30.8 Å². The summed E-state index contributed by atoms with van der Waals surface area (Å²) < 4.78 is 0. The lowest BCUT2D eigenvalue weighted by molar-refractivity contribution is -0.141. The molecule has 3 aromatic carbocycles. The Balaban J connectivity index is 2.00. The lowest BCUT2D eigenvalue weighted by Crippen LogP contribution is -2.52. The van der Waals surface area contributed by atoms with Gasteiger partial charge in [-0.3, -0.25) is 9.59 Å². The van der Waals surface area contributed by atoms with Crippen LogP contribution in [0, 0.1) is 13.8 Å². The Hall–Kier alpha value is -3.11. The summed E-state index contributed by atoms with van der Waals surface area (Å²) in [4.78, 5) is 28.9. The number of nitrogens with zero attached hydrogens (tertiary/aromatic N) is 1. The summed E-state index contributed by atoms with van der Waals surface area (Å²) in [5.41, 5.74) is 4.97. The molecule has 4 nitrogen and oxygen atoms in total. The number of benzene rings is 3. The highest BCUT2D eigenvalue weighted by Gasteiger charge is 2.31. The average molecular weight is 477 g/mol. The van der Waals surface area contributed by atoms with Crippen molar-refractivity contribution in [2.24, 2.45) is 0 Å². The molecule has 0 aliphatic heterocycles. The Morgan fingerprint density at radius 2 is 1.50 bits per heavy atom. The summed E-state index contributed by atoms with van der Waals surface area (Å²) in [5.74, 6) is -0.274. The molecule has 5 heteroatoms. The van der Waals surface area contributed by atoms with E-state index < -0.39 is 6.04 Å². The first kappa shape index (κ1) is 25.5. The highest BCUT2D eigenvalue weighted by atomic mass is 35.5. The molecular weight excluding hydrogens is 444 g/mol. The summed E-state index contributed by atoms with van der Waals surface area (Å²) in [7, 11) is 0. The van der Waals surface area contributed by atoms with Gasteiger partial charge in [0, 0.05) is 24.0 Å². The standard InChI is InChI=1S/C29H33ClN2O2/c1-20(2)31-29(34)27(17-23-10-6-5-7-11-23)32(19-25-12-8-9-13-26(25)30)28(33)18-24-15-21(3)14-22(4)16-24/h5-16,20,27H,17-19H2,1-4H3,(H,31,34)/t27-/m1/s1. The Labute approximate surface area is 207 Å². The molecule has 3 rings (SSSR count). The monoisotopic (exact) mass is 476 g/mol. The summed E-state index contributed by atoms with van der Waals surface area (Å²) >= 11 is 6.47. The average Bonchev–Trinajstić information content (AvgIpc) is 2.76. The van der Waals surface area contributed by atoms with Gasteiger partial charge < -0.3 is 10.2 Å². The first-order chi connectivity index (χ1) is 16.2. The van der Waals surface area contributed by atoms with E-state index in [0.29, 0.717) is 11.4 Å². The fraction of sp³-hybridized carbons (Fsp3) is 0.310. The molecular formula is C29H33ClN2O2. The highest BCUT2D eigenvalue weighted by molar-refractivity contribution is 6.31. The van der Waals surface area contributed by atoms with Crippen LogP contribution in [0.25, 0.3) is 0 Å². The highest BCUT2D eigenvalue weighted by Crippen LogP contribution is 2.22. The third-order valence-corrected chi connectivity index (χ3v) is 6.01. The van der Waals surface area contributed by atoms with Gasteiger partial charge in [0.25, 0.3) is 0 Å². The summed E-state index contributed by atoms with van der Waals surface area (Å²) in [6, 6.07) is 22.7. The molecule has 1 atom stereocenters. The van der Waals surface area contributed by atoms with Crippen LogP contribution in [0.5, 0.6) is 0 Å². The van der Waals surface area contributed by atoms with Crippen LogP contribution in [0.1, 0.15) is 41.7 Å². The van der Waals surface area contributed by atoms with Crippen LogP contribution in [-0.4, -0.2) is 28.8 Å². The van der Waals surface area contributed by atoms with Gasteiger partial charge in [-0.2, -0.15) is 0 Å². The van der Waals surface area contributed by atoms with E-state index in [1.54, 1.807) is 4.90 Å². The van der Waals surface area contributed by atoms with Crippen LogP contribution in [0.3, 0.4) is 0 Å². The molecule has 0 saturated carbocycles. The van der Waals surface area contributed by atoms with Gasteiger partial charge in [-0.1, -0.05) is 89.5 Å². The van der Waals surface area contributed by atoms with Crippen LogP contribution < -0.4 is 5.32 Å². The third kappa shape index (κ3) is 7.19. The third-order valence-electron chi connectivity index (χ3n) is 5.64. The predicted molar refractivity (Wildman–Crippen MR) is 139 cm³/mol. The van der Waals surface area contributed by atoms with Gasteiger partial charge in [0.1, 0.15) is 6.04 Å². The molecule has 178 valence electrons. The van der Waals surface area contributed by atoms with Gasteiger partial charge in [0.15, 0.2) is 0 Å². The van der Waals surface area contributed by atoms with Crippen molar-refractivity contribution in [2.75, 3.05) is 0 Å². The second kappa shape index (κ2) is 11.8. The minimum Gasteiger partial charge on any atom is -0.352 e. The fourth-order valence-electron chi connectivity index (χ4n) is 4.19. The van der Waals surface area contributed by atoms with Crippen LogP contribution in [0.15, 0.2) is 72.8 Å². The number of hydrogen-bond donors (Lipinski definition) is 1. The van der Waals surface area contributed by atoms with Gasteiger partial charge in [-0.15, -0.1) is 0 Å². The first-order valence-corrected chi connectivity index (χ1v) is 12.0. The normalized spacial score (nSPS) is 11.8. The van der Waals surface area contributed by atoms with Crippen LogP contribution in [-0.2, 0) is 29.0 Å². The minimum absolute atomic E-state index is 0.0394. The van der Waals surface area contributed by atoms with E-state index in [1.807, 2.05) is 94.4 Å². The SMILES string of the molecule is Cc1cc(C)cc(CC(=O)N(Cc2ccccc2Cl)[C@H](Cc2ccccc2)C(=O)NC(C)C)c1. The van der Waals surface area contributed by atoms with Crippen molar-refractivity contribution in [2.45, 2.75) is 59.2 Å². The van der Waals surface area contributed by atoms with E-state index in [4.69, 9.17) is 11.6 Å².